The second-order valence-electron chi connectivity index (χ2n) is 4.43. The Morgan fingerprint density at radius 2 is 2.07 bits per heavy atom. The highest BCUT2D eigenvalue weighted by molar-refractivity contribution is 5.29. The summed E-state index contributed by atoms with van der Waals surface area (Å²) in [7, 11) is 0. The minimum Gasteiger partial charge on any atom is -0.396 e. The molecule has 2 atom stereocenters. The quantitative estimate of drug-likeness (QED) is 0.759. The van der Waals surface area contributed by atoms with Gasteiger partial charge >= 0.3 is 0 Å². The standard InChI is InChI=1S/C13H18O/c1-10(9-14)12-7-6-11-4-2-3-5-13(11)8-12/h2-5,10,12,14H,6-9H2,1H3/t10-,12?/m1/s1. The third kappa shape index (κ3) is 1.83. The average molecular weight is 190 g/mol. The van der Waals surface area contributed by atoms with E-state index in [-0.39, 0.29) is 0 Å². The lowest BCUT2D eigenvalue weighted by atomic mass is 9.78. The van der Waals surface area contributed by atoms with Crippen LogP contribution in [0.3, 0.4) is 0 Å². The van der Waals surface area contributed by atoms with Crippen LogP contribution < -0.4 is 0 Å². The molecule has 1 aromatic rings. The first-order chi connectivity index (χ1) is 6.81. The van der Waals surface area contributed by atoms with Crippen LogP contribution in [0.15, 0.2) is 24.3 Å². The smallest absolute Gasteiger partial charge is 0.0459 e. The van der Waals surface area contributed by atoms with E-state index in [1.165, 1.54) is 24.0 Å². The predicted octanol–water partition coefficient (Wildman–Crippen LogP) is 2.42. The van der Waals surface area contributed by atoms with Gasteiger partial charge < -0.3 is 5.11 Å². The number of hydrogen-bond donors (Lipinski definition) is 1. The Hall–Kier alpha value is -0.820. The molecule has 1 nitrogen and oxygen atoms in total. The Labute approximate surface area is 85.8 Å². The molecule has 0 fully saturated rings. The molecule has 1 N–H and O–H groups in total. The van der Waals surface area contributed by atoms with Gasteiger partial charge in [-0.3, -0.25) is 0 Å². The average Bonchev–Trinajstić information content (AvgIpc) is 2.27. The molecule has 0 aliphatic heterocycles. The highest BCUT2D eigenvalue weighted by Gasteiger charge is 2.22. The van der Waals surface area contributed by atoms with E-state index in [1.54, 1.807) is 0 Å². The van der Waals surface area contributed by atoms with Gasteiger partial charge in [-0.2, -0.15) is 0 Å². The molecular formula is C13H18O. The molecule has 14 heavy (non-hydrogen) atoms. The van der Waals surface area contributed by atoms with E-state index < -0.39 is 0 Å². The topological polar surface area (TPSA) is 20.2 Å². The van der Waals surface area contributed by atoms with Crippen LogP contribution in [0.25, 0.3) is 0 Å². The summed E-state index contributed by atoms with van der Waals surface area (Å²) in [6.07, 6.45) is 3.57. The van der Waals surface area contributed by atoms with Crippen LogP contribution in [0.2, 0.25) is 0 Å². The van der Waals surface area contributed by atoms with Gasteiger partial charge in [0.2, 0.25) is 0 Å². The molecule has 0 amide bonds. The first-order valence-electron chi connectivity index (χ1n) is 5.49. The number of benzene rings is 1. The normalized spacial score (nSPS) is 22.9. The Kier molecular flexibility index (Phi) is 2.87. The lowest BCUT2D eigenvalue weighted by Gasteiger charge is -2.28. The Morgan fingerprint density at radius 1 is 1.36 bits per heavy atom. The molecule has 0 spiro atoms. The number of aliphatic hydroxyl groups is 1. The SMILES string of the molecule is C[C@H](CO)C1CCc2ccccc2C1. The van der Waals surface area contributed by atoms with Crippen molar-refractivity contribution in [1.29, 1.82) is 0 Å². The molecule has 0 aromatic heterocycles. The Balaban J connectivity index is 2.13. The van der Waals surface area contributed by atoms with Crippen molar-refractivity contribution in [2.45, 2.75) is 26.2 Å². The molecule has 1 aliphatic carbocycles. The zero-order valence-electron chi connectivity index (χ0n) is 8.74. The summed E-state index contributed by atoms with van der Waals surface area (Å²) < 4.78 is 0. The molecule has 0 saturated carbocycles. The van der Waals surface area contributed by atoms with Crippen molar-refractivity contribution < 1.29 is 5.11 Å². The lowest BCUT2D eigenvalue weighted by Crippen LogP contribution is -2.22. The van der Waals surface area contributed by atoms with Crippen molar-refractivity contribution >= 4 is 0 Å². The number of fused-ring (bicyclic) bond motifs is 1. The molecule has 1 unspecified atom stereocenters. The highest BCUT2D eigenvalue weighted by atomic mass is 16.3. The van der Waals surface area contributed by atoms with Crippen molar-refractivity contribution in [3.8, 4) is 0 Å². The fraction of sp³-hybridized carbons (Fsp3) is 0.538. The largest absolute Gasteiger partial charge is 0.396 e. The zero-order valence-corrected chi connectivity index (χ0v) is 8.74. The van der Waals surface area contributed by atoms with Crippen LogP contribution in [0.5, 0.6) is 0 Å². The Morgan fingerprint density at radius 3 is 2.79 bits per heavy atom. The van der Waals surface area contributed by atoms with E-state index in [9.17, 15) is 0 Å². The third-order valence-corrected chi connectivity index (χ3v) is 3.48. The minimum atomic E-state index is 0.326. The van der Waals surface area contributed by atoms with Gasteiger partial charge in [0.25, 0.3) is 0 Å². The van der Waals surface area contributed by atoms with Gasteiger partial charge in [0, 0.05) is 6.61 Å². The highest BCUT2D eigenvalue weighted by Crippen LogP contribution is 2.29. The fourth-order valence-electron chi connectivity index (χ4n) is 2.36. The van der Waals surface area contributed by atoms with Crippen molar-refractivity contribution in [3.05, 3.63) is 35.4 Å². The maximum absolute atomic E-state index is 9.14. The number of aryl methyl sites for hydroxylation is 1. The van der Waals surface area contributed by atoms with Crippen LogP contribution in [-0.2, 0) is 12.8 Å². The van der Waals surface area contributed by atoms with E-state index in [2.05, 4.69) is 31.2 Å². The summed E-state index contributed by atoms with van der Waals surface area (Å²) in [4.78, 5) is 0. The van der Waals surface area contributed by atoms with E-state index in [4.69, 9.17) is 5.11 Å². The molecule has 76 valence electrons. The van der Waals surface area contributed by atoms with Gasteiger partial charge in [-0.05, 0) is 42.2 Å². The maximum atomic E-state index is 9.14. The molecule has 1 aliphatic rings. The van der Waals surface area contributed by atoms with Gasteiger partial charge in [-0.25, -0.2) is 0 Å². The van der Waals surface area contributed by atoms with Crippen molar-refractivity contribution in [3.63, 3.8) is 0 Å². The van der Waals surface area contributed by atoms with E-state index >= 15 is 0 Å². The lowest BCUT2D eigenvalue weighted by molar-refractivity contribution is 0.178. The van der Waals surface area contributed by atoms with Gasteiger partial charge in [0.1, 0.15) is 0 Å². The molecular weight excluding hydrogens is 172 g/mol. The monoisotopic (exact) mass is 190 g/mol. The van der Waals surface area contributed by atoms with Crippen LogP contribution in [0.1, 0.15) is 24.5 Å². The molecule has 0 bridgehead atoms. The Bertz CT molecular complexity index is 306. The van der Waals surface area contributed by atoms with E-state index in [0.717, 1.165) is 6.42 Å². The minimum absolute atomic E-state index is 0.326. The fourth-order valence-corrected chi connectivity index (χ4v) is 2.36. The first kappa shape index (κ1) is 9.72. The van der Waals surface area contributed by atoms with Gasteiger partial charge in [0.05, 0.1) is 0 Å². The van der Waals surface area contributed by atoms with Gasteiger partial charge in [-0.15, -0.1) is 0 Å². The van der Waals surface area contributed by atoms with Crippen molar-refractivity contribution in [2.24, 2.45) is 11.8 Å². The van der Waals surface area contributed by atoms with Crippen LogP contribution in [-0.4, -0.2) is 11.7 Å². The summed E-state index contributed by atoms with van der Waals surface area (Å²) in [5, 5.41) is 9.14. The zero-order chi connectivity index (χ0) is 9.97. The summed E-state index contributed by atoms with van der Waals surface area (Å²) in [5.41, 5.74) is 3.00. The molecule has 2 rings (SSSR count). The second kappa shape index (κ2) is 4.14. The van der Waals surface area contributed by atoms with Gasteiger partial charge in [-0.1, -0.05) is 31.2 Å². The van der Waals surface area contributed by atoms with Crippen LogP contribution in [0, 0.1) is 11.8 Å². The predicted molar refractivity (Wildman–Crippen MR) is 58.2 cm³/mol. The molecule has 0 radical (unpaired) electrons. The van der Waals surface area contributed by atoms with Crippen molar-refractivity contribution in [2.75, 3.05) is 6.61 Å². The molecule has 0 heterocycles. The third-order valence-electron chi connectivity index (χ3n) is 3.48. The molecule has 1 aromatic carbocycles. The van der Waals surface area contributed by atoms with Crippen LogP contribution in [0.4, 0.5) is 0 Å². The number of aliphatic hydroxyl groups excluding tert-OH is 1. The van der Waals surface area contributed by atoms with Crippen molar-refractivity contribution in [1.82, 2.24) is 0 Å². The molecule has 1 heteroatoms. The maximum Gasteiger partial charge on any atom is 0.0459 e. The number of hydrogen-bond acceptors (Lipinski definition) is 1. The van der Waals surface area contributed by atoms with E-state index in [1.807, 2.05) is 0 Å². The number of rotatable bonds is 2. The summed E-state index contributed by atoms with van der Waals surface area (Å²) in [6.45, 7) is 2.48. The molecule has 0 saturated heterocycles. The summed E-state index contributed by atoms with van der Waals surface area (Å²) in [6, 6.07) is 8.69. The van der Waals surface area contributed by atoms with Gasteiger partial charge in [0.15, 0.2) is 0 Å². The first-order valence-corrected chi connectivity index (χ1v) is 5.49. The summed E-state index contributed by atoms with van der Waals surface area (Å²) >= 11 is 0. The van der Waals surface area contributed by atoms with E-state index in [0.29, 0.717) is 18.4 Å². The second-order valence-corrected chi connectivity index (χ2v) is 4.43. The van der Waals surface area contributed by atoms with Crippen LogP contribution >= 0.6 is 0 Å². The summed E-state index contributed by atoms with van der Waals surface area (Å²) in [5.74, 6) is 1.12.